The van der Waals surface area contributed by atoms with Crippen LogP contribution < -0.4 is 10.6 Å². The van der Waals surface area contributed by atoms with E-state index in [4.69, 9.17) is 14.6 Å². The molecule has 2 N–H and O–H groups in total. The van der Waals surface area contributed by atoms with Crippen molar-refractivity contribution in [2.75, 3.05) is 18.2 Å². The molecule has 2 aliphatic rings. The average Bonchev–Trinajstić information content (AvgIpc) is 3.59. The molecule has 12 heteroatoms. The highest BCUT2D eigenvalue weighted by Gasteiger charge is 2.55. The fraction of sp³-hybridized carbons (Fsp3) is 0.308. The summed E-state index contributed by atoms with van der Waals surface area (Å²) in [5.74, 6) is -1.03. The van der Waals surface area contributed by atoms with Crippen LogP contribution in [0, 0.1) is 5.92 Å². The highest BCUT2D eigenvalue weighted by Crippen LogP contribution is 2.43. The third-order valence-corrected chi connectivity index (χ3v) is 10.8. The van der Waals surface area contributed by atoms with Crippen molar-refractivity contribution in [1.82, 2.24) is 15.2 Å². The van der Waals surface area contributed by atoms with E-state index in [0.29, 0.717) is 10.9 Å². The Morgan fingerprint density at radius 2 is 1.47 bits per heavy atom. The maximum absolute atomic E-state index is 13.8. The van der Waals surface area contributed by atoms with Gasteiger partial charge in [-0.2, -0.15) is 0 Å². The zero-order chi connectivity index (χ0) is 36.3. The van der Waals surface area contributed by atoms with Gasteiger partial charge in [0.15, 0.2) is 10.8 Å². The minimum Gasteiger partial charge on any atom is -0.455 e. The molecule has 0 radical (unpaired) electrons. The highest BCUT2D eigenvalue weighted by molar-refractivity contribution is 8.03. The molecule has 1 fully saturated rings. The van der Waals surface area contributed by atoms with Crippen LogP contribution in [0.3, 0.4) is 0 Å². The molecule has 10 nitrogen and oxygen atoms in total. The van der Waals surface area contributed by atoms with Crippen molar-refractivity contribution in [3.05, 3.63) is 129 Å². The molecule has 2 unspecified atom stereocenters. The van der Waals surface area contributed by atoms with Gasteiger partial charge in [0, 0.05) is 16.0 Å². The fourth-order valence-electron chi connectivity index (χ4n) is 6.36. The van der Waals surface area contributed by atoms with Crippen molar-refractivity contribution in [3.63, 3.8) is 0 Å². The minimum absolute atomic E-state index is 0.0113. The Morgan fingerprint density at radius 3 is 1.96 bits per heavy atom. The van der Waals surface area contributed by atoms with Gasteiger partial charge >= 0.3 is 5.97 Å². The van der Waals surface area contributed by atoms with Crippen LogP contribution >= 0.6 is 23.1 Å². The van der Waals surface area contributed by atoms with Gasteiger partial charge in [0.1, 0.15) is 35.7 Å². The average molecular weight is 724 g/mol. The molecule has 0 aliphatic carbocycles. The molecule has 264 valence electrons. The zero-order valence-electron chi connectivity index (χ0n) is 29.4. The van der Waals surface area contributed by atoms with Crippen LogP contribution in [-0.4, -0.2) is 63.9 Å². The summed E-state index contributed by atoms with van der Waals surface area (Å²) >= 11 is 2.83. The number of thioether (sulfide) groups is 1. The molecule has 2 aliphatic heterocycles. The zero-order valence-corrected chi connectivity index (χ0v) is 31.0. The molecule has 1 saturated heterocycles. The van der Waals surface area contributed by atoms with Crippen LogP contribution in [-0.2, 0) is 29.5 Å². The molecule has 0 saturated carbocycles. The largest absolute Gasteiger partial charge is 0.455 e. The molecular formula is C39H41N5O5S2. The molecule has 6 rings (SSSR count). The van der Waals surface area contributed by atoms with E-state index in [9.17, 15) is 14.4 Å². The molecule has 0 spiro atoms. The summed E-state index contributed by atoms with van der Waals surface area (Å²) in [5, 5.41) is 12.9. The van der Waals surface area contributed by atoms with Gasteiger partial charge < -0.3 is 20.2 Å². The van der Waals surface area contributed by atoms with Gasteiger partial charge in [0.05, 0.1) is 6.04 Å². The van der Waals surface area contributed by atoms with E-state index in [2.05, 4.69) is 52.2 Å². The van der Waals surface area contributed by atoms with Gasteiger partial charge in [0.25, 0.3) is 11.8 Å². The Balaban J connectivity index is 1.28. The minimum atomic E-state index is -0.865. The van der Waals surface area contributed by atoms with E-state index < -0.39 is 35.1 Å². The standard InChI is InChI=1S/C39H41N5O5S2/c1-24(2)33-32(36(47)49-38(3,4)5)44-29(23-50-33)31(35(44)46)41-34(45)30(43-48-6)28-22-51-37(40-28)42-39(25-16-10-7-11-17-25,26-18-12-8-13-19-26)27-20-14-9-15-21-27/h7-22,24,29,31H,23H2,1-6H3,(H,40,42)(H,41,45). The van der Waals surface area contributed by atoms with Gasteiger partial charge in [-0.05, 0) is 43.4 Å². The number of fused-ring (bicyclic) bond motifs is 1. The number of anilines is 1. The second kappa shape index (κ2) is 14.7. The summed E-state index contributed by atoms with van der Waals surface area (Å²) in [6.07, 6.45) is 0. The number of thiazole rings is 1. The normalized spacial score (nSPS) is 17.8. The number of rotatable bonds is 11. The van der Waals surface area contributed by atoms with E-state index in [-0.39, 0.29) is 28.9 Å². The molecule has 0 bridgehead atoms. The lowest BCUT2D eigenvalue weighted by molar-refractivity contribution is -0.160. The lowest BCUT2D eigenvalue weighted by Gasteiger charge is -2.50. The van der Waals surface area contributed by atoms with Crippen LogP contribution in [0.5, 0.6) is 0 Å². The number of nitrogens with one attached hydrogen (secondary N) is 2. The molecule has 2 amide bonds. The van der Waals surface area contributed by atoms with Gasteiger partial charge in [-0.1, -0.05) is 110 Å². The number of hydrogen-bond donors (Lipinski definition) is 2. The van der Waals surface area contributed by atoms with Crippen LogP contribution in [0.15, 0.2) is 112 Å². The molecule has 1 aromatic heterocycles. The number of oxime groups is 1. The SMILES string of the molecule is CON=C(C(=O)NC1C(=O)N2C(C(=O)OC(C)(C)C)=C(C(C)C)SCC12)c1csc(NC(c2ccccc2)(c2ccccc2)c2ccccc2)n1. The lowest BCUT2D eigenvalue weighted by Crippen LogP contribution is -2.73. The number of aromatic nitrogens is 1. The van der Waals surface area contributed by atoms with Crippen molar-refractivity contribution < 1.29 is 24.0 Å². The van der Waals surface area contributed by atoms with E-state index in [1.807, 2.05) is 68.4 Å². The van der Waals surface area contributed by atoms with E-state index in [1.165, 1.54) is 35.1 Å². The summed E-state index contributed by atoms with van der Waals surface area (Å²) in [7, 11) is 1.35. The third-order valence-electron chi connectivity index (χ3n) is 8.57. The molecule has 51 heavy (non-hydrogen) atoms. The number of allylic oxidation sites excluding steroid dienone is 1. The summed E-state index contributed by atoms with van der Waals surface area (Å²) in [6, 6.07) is 29.1. The number of carbonyl (C=O) groups is 3. The number of benzene rings is 3. The Morgan fingerprint density at radius 1 is 0.922 bits per heavy atom. The second-order valence-electron chi connectivity index (χ2n) is 13.5. The lowest BCUT2D eigenvalue weighted by atomic mass is 9.77. The van der Waals surface area contributed by atoms with Crippen molar-refractivity contribution in [3.8, 4) is 0 Å². The number of ether oxygens (including phenoxy) is 1. The maximum atomic E-state index is 13.8. The van der Waals surface area contributed by atoms with Crippen LogP contribution in [0.4, 0.5) is 5.13 Å². The Hall–Kier alpha value is -4.94. The highest BCUT2D eigenvalue weighted by atomic mass is 32.2. The number of nitrogens with zero attached hydrogens (tertiary/aromatic N) is 3. The van der Waals surface area contributed by atoms with E-state index in [1.54, 1.807) is 26.2 Å². The first kappa shape index (κ1) is 35.9. The number of β-lactam (4-membered cyclic amide) rings is 1. The summed E-state index contributed by atoms with van der Waals surface area (Å²) in [4.78, 5) is 53.0. The van der Waals surface area contributed by atoms with Gasteiger partial charge in [-0.15, -0.1) is 23.1 Å². The van der Waals surface area contributed by atoms with Crippen molar-refractivity contribution in [2.45, 2.75) is 57.8 Å². The van der Waals surface area contributed by atoms with E-state index >= 15 is 0 Å². The van der Waals surface area contributed by atoms with Crippen molar-refractivity contribution >= 4 is 51.7 Å². The smallest absolute Gasteiger partial charge is 0.356 e. The molecule has 4 aromatic rings. The summed E-state index contributed by atoms with van der Waals surface area (Å²) in [5.41, 5.74) is 1.89. The van der Waals surface area contributed by atoms with Crippen LogP contribution in [0.2, 0.25) is 0 Å². The second-order valence-corrected chi connectivity index (χ2v) is 15.5. The third kappa shape index (κ3) is 7.15. The molecule has 3 aromatic carbocycles. The number of esters is 1. The quantitative estimate of drug-likeness (QED) is 0.0588. The Bertz CT molecular complexity index is 1860. The summed E-state index contributed by atoms with van der Waals surface area (Å²) < 4.78 is 5.68. The molecular weight excluding hydrogens is 683 g/mol. The predicted octanol–water partition coefficient (Wildman–Crippen LogP) is 6.55. The maximum Gasteiger partial charge on any atom is 0.356 e. The first-order chi connectivity index (χ1) is 24.4. The Kier molecular flexibility index (Phi) is 10.4. The fourth-order valence-corrected chi connectivity index (χ4v) is 8.46. The van der Waals surface area contributed by atoms with Crippen LogP contribution in [0.25, 0.3) is 0 Å². The molecule has 2 atom stereocenters. The van der Waals surface area contributed by atoms with Crippen molar-refractivity contribution in [2.24, 2.45) is 11.1 Å². The monoisotopic (exact) mass is 723 g/mol. The van der Waals surface area contributed by atoms with Gasteiger partial charge in [0.2, 0.25) is 0 Å². The van der Waals surface area contributed by atoms with E-state index in [0.717, 1.165) is 21.6 Å². The van der Waals surface area contributed by atoms with Crippen LogP contribution in [0.1, 0.15) is 57.0 Å². The predicted molar refractivity (Wildman–Crippen MR) is 201 cm³/mol. The van der Waals surface area contributed by atoms with Gasteiger partial charge in [-0.25, -0.2) is 9.78 Å². The molecule has 3 heterocycles. The summed E-state index contributed by atoms with van der Waals surface area (Å²) in [6.45, 7) is 9.32. The number of carbonyl (C=O) groups excluding carboxylic acids is 3. The first-order valence-corrected chi connectivity index (χ1v) is 18.6. The number of hydrogen-bond acceptors (Lipinski definition) is 10. The van der Waals surface area contributed by atoms with Gasteiger partial charge in [-0.3, -0.25) is 14.5 Å². The topological polar surface area (TPSA) is 122 Å². The number of amides is 2. The van der Waals surface area contributed by atoms with Crippen molar-refractivity contribution in [1.29, 1.82) is 0 Å². The first-order valence-electron chi connectivity index (χ1n) is 16.7. The Labute approximate surface area is 306 Å².